The smallest absolute Gasteiger partial charge is 0.195 e. The Labute approximate surface area is 130 Å². The molecular weight excluding hydrogens is 292 g/mol. The van der Waals surface area contributed by atoms with Gasteiger partial charge in [-0.2, -0.15) is 0 Å². The van der Waals surface area contributed by atoms with Gasteiger partial charge in [-0.15, -0.1) is 0 Å². The highest BCUT2D eigenvalue weighted by Crippen LogP contribution is 2.32. The minimum Gasteiger partial charge on any atom is -0.454 e. The zero-order valence-electron chi connectivity index (χ0n) is 11.9. The minimum absolute atomic E-state index is 0.820. The van der Waals surface area contributed by atoms with Crippen LogP contribution in [0.4, 0.5) is 0 Å². The van der Waals surface area contributed by atoms with Crippen molar-refractivity contribution < 1.29 is 4.42 Å². The molecule has 0 radical (unpaired) electrons. The summed E-state index contributed by atoms with van der Waals surface area (Å²) in [6, 6.07) is 16.6. The number of rotatable bonds is 1. The third-order valence-corrected chi connectivity index (χ3v) is 4.96. The van der Waals surface area contributed by atoms with E-state index in [4.69, 9.17) is 9.40 Å². The molecule has 0 atom stereocenters. The van der Waals surface area contributed by atoms with E-state index >= 15 is 0 Å². The molecule has 0 aliphatic rings. The van der Waals surface area contributed by atoms with Crippen molar-refractivity contribution in [3.63, 3.8) is 0 Å². The quantitative estimate of drug-likeness (QED) is 0.422. The predicted octanol–water partition coefficient (Wildman–Crippen LogP) is 5.27. The summed E-state index contributed by atoms with van der Waals surface area (Å²) in [6.45, 7) is 2.09. The number of aryl methyl sites for hydroxylation is 1. The van der Waals surface area contributed by atoms with Crippen LogP contribution in [0.5, 0.6) is 0 Å². The van der Waals surface area contributed by atoms with Gasteiger partial charge < -0.3 is 4.42 Å². The Morgan fingerprint density at radius 1 is 1.09 bits per heavy atom. The molecule has 3 heterocycles. The lowest BCUT2D eigenvalue weighted by Crippen LogP contribution is -1.75. The number of nitrogens with zero attached hydrogens (tertiary/aromatic N) is 2. The van der Waals surface area contributed by atoms with Crippen LogP contribution in [0.2, 0.25) is 0 Å². The van der Waals surface area contributed by atoms with E-state index in [9.17, 15) is 0 Å². The molecule has 0 amide bonds. The average Bonchev–Trinajstić information content (AvgIpc) is 3.17. The van der Waals surface area contributed by atoms with Crippen LogP contribution in [0.1, 0.15) is 5.56 Å². The van der Waals surface area contributed by atoms with Crippen molar-refractivity contribution in [1.82, 2.24) is 9.38 Å². The number of thiazole rings is 1. The van der Waals surface area contributed by atoms with Gasteiger partial charge in [0.25, 0.3) is 0 Å². The first-order valence-electron chi connectivity index (χ1n) is 7.15. The maximum absolute atomic E-state index is 5.95. The molecular formula is C18H12N2OS. The molecule has 4 heteroatoms. The van der Waals surface area contributed by atoms with Crippen LogP contribution >= 0.6 is 11.3 Å². The molecule has 106 valence electrons. The Morgan fingerprint density at radius 3 is 2.95 bits per heavy atom. The van der Waals surface area contributed by atoms with Crippen molar-refractivity contribution >= 4 is 37.5 Å². The largest absolute Gasteiger partial charge is 0.454 e. The van der Waals surface area contributed by atoms with Gasteiger partial charge in [0.2, 0.25) is 0 Å². The molecule has 0 bridgehead atoms. The summed E-state index contributed by atoms with van der Waals surface area (Å²) < 4.78 is 9.33. The summed E-state index contributed by atoms with van der Waals surface area (Å²) in [6.07, 6.45) is 2.05. The van der Waals surface area contributed by atoms with Crippen LogP contribution in [-0.2, 0) is 0 Å². The second kappa shape index (κ2) is 4.21. The molecule has 2 aromatic carbocycles. The predicted molar refractivity (Wildman–Crippen MR) is 90.5 cm³/mol. The van der Waals surface area contributed by atoms with Crippen LogP contribution in [-0.4, -0.2) is 9.38 Å². The van der Waals surface area contributed by atoms with Crippen molar-refractivity contribution in [1.29, 1.82) is 0 Å². The van der Waals surface area contributed by atoms with Gasteiger partial charge in [-0.25, -0.2) is 4.98 Å². The number of furan rings is 1. The van der Waals surface area contributed by atoms with Crippen LogP contribution in [0, 0.1) is 6.92 Å². The van der Waals surface area contributed by atoms with Gasteiger partial charge in [0.15, 0.2) is 10.7 Å². The first-order valence-corrected chi connectivity index (χ1v) is 7.97. The molecule has 0 aliphatic carbocycles. The van der Waals surface area contributed by atoms with E-state index in [1.807, 2.05) is 6.07 Å². The normalized spacial score (nSPS) is 11.9. The molecule has 0 spiro atoms. The third-order valence-electron chi connectivity index (χ3n) is 3.92. The summed E-state index contributed by atoms with van der Waals surface area (Å²) in [4.78, 5) is 5.72. The molecule has 0 saturated carbocycles. The molecule has 0 unspecified atom stereocenters. The number of hydrogen-bond acceptors (Lipinski definition) is 3. The maximum Gasteiger partial charge on any atom is 0.195 e. The van der Waals surface area contributed by atoms with Gasteiger partial charge >= 0.3 is 0 Å². The van der Waals surface area contributed by atoms with E-state index < -0.39 is 0 Å². The average molecular weight is 304 g/mol. The Morgan fingerprint density at radius 2 is 2.00 bits per heavy atom. The van der Waals surface area contributed by atoms with Crippen LogP contribution in [0.25, 0.3) is 37.6 Å². The van der Waals surface area contributed by atoms with Crippen molar-refractivity contribution in [2.45, 2.75) is 6.92 Å². The fourth-order valence-electron chi connectivity index (χ4n) is 2.86. The molecule has 0 N–H and O–H groups in total. The lowest BCUT2D eigenvalue weighted by molar-refractivity contribution is 0.629. The van der Waals surface area contributed by atoms with Gasteiger partial charge in [0.05, 0.1) is 10.2 Å². The maximum atomic E-state index is 5.95. The van der Waals surface area contributed by atoms with Crippen LogP contribution in [0.15, 0.2) is 59.1 Å². The van der Waals surface area contributed by atoms with Crippen LogP contribution in [0.3, 0.4) is 0 Å². The standard InChI is InChI=1S/C18H12N2OS/c1-11-6-7-15-12(8-11)9-16(21-15)13-10-20-14-4-2-3-5-17(14)22-18(20)19-13/h2-10H,1H3. The fourth-order valence-corrected chi connectivity index (χ4v) is 3.86. The van der Waals surface area contributed by atoms with Crippen molar-refractivity contribution in [2.24, 2.45) is 0 Å². The van der Waals surface area contributed by atoms with E-state index in [1.165, 1.54) is 15.8 Å². The number of fused-ring (bicyclic) bond motifs is 4. The number of benzene rings is 2. The van der Waals surface area contributed by atoms with Gasteiger partial charge in [0.1, 0.15) is 11.3 Å². The Bertz CT molecular complexity index is 1150. The molecule has 5 aromatic rings. The van der Waals surface area contributed by atoms with Gasteiger partial charge in [0, 0.05) is 11.6 Å². The molecule has 0 aliphatic heterocycles. The Balaban J connectivity index is 1.74. The zero-order valence-corrected chi connectivity index (χ0v) is 12.7. The van der Waals surface area contributed by atoms with Gasteiger partial charge in [-0.05, 0) is 37.3 Å². The van der Waals surface area contributed by atoms with Crippen molar-refractivity contribution in [3.05, 3.63) is 60.3 Å². The monoisotopic (exact) mass is 304 g/mol. The van der Waals surface area contributed by atoms with E-state index in [1.54, 1.807) is 11.3 Å². The van der Waals surface area contributed by atoms with E-state index in [2.05, 4.69) is 60.0 Å². The number of hydrogen-bond donors (Lipinski definition) is 0. The summed E-state index contributed by atoms with van der Waals surface area (Å²) in [5.74, 6) is 0.820. The summed E-state index contributed by atoms with van der Waals surface area (Å²) >= 11 is 1.70. The summed E-state index contributed by atoms with van der Waals surface area (Å²) in [5, 5.41) is 1.12. The summed E-state index contributed by atoms with van der Waals surface area (Å²) in [7, 11) is 0. The molecule has 22 heavy (non-hydrogen) atoms. The highest BCUT2D eigenvalue weighted by molar-refractivity contribution is 7.23. The lowest BCUT2D eigenvalue weighted by atomic mass is 10.2. The molecule has 5 rings (SSSR count). The number of para-hydroxylation sites is 1. The highest BCUT2D eigenvalue weighted by atomic mass is 32.1. The highest BCUT2D eigenvalue weighted by Gasteiger charge is 2.13. The third kappa shape index (κ3) is 1.64. The minimum atomic E-state index is 0.820. The first kappa shape index (κ1) is 12.0. The second-order valence-electron chi connectivity index (χ2n) is 5.50. The van der Waals surface area contributed by atoms with Crippen molar-refractivity contribution in [3.8, 4) is 11.5 Å². The number of imidazole rings is 1. The number of aromatic nitrogens is 2. The van der Waals surface area contributed by atoms with E-state index in [0.29, 0.717) is 0 Å². The van der Waals surface area contributed by atoms with E-state index in [0.717, 1.165) is 27.4 Å². The van der Waals surface area contributed by atoms with Crippen molar-refractivity contribution in [2.75, 3.05) is 0 Å². The Kier molecular flexibility index (Phi) is 2.30. The van der Waals surface area contributed by atoms with Gasteiger partial charge in [-0.1, -0.05) is 35.1 Å². The molecule has 3 nitrogen and oxygen atoms in total. The lowest BCUT2D eigenvalue weighted by Gasteiger charge is -1.90. The van der Waals surface area contributed by atoms with Crippen LogP contribution < -0.4 is 0 Å². The zero-order chi connectivity index (χ0) is 14.7. The molecule has 0 saturated heterocycles. The topological polar surface area (TPSA) is 30.4 Å². The molecule has 3 aromatic heterocycles. The van der Waals surface area contributed by atoms with Gasteiger partial charge in [-0.3, -0.25) is 4.40 Å². The fraction of sp³-hybridized carbons (Fsp3) is 0.0556. The Hall–Kier alpha value is -2.59. The first-order chi connectivity index (χ1) is 10.8. The van der Waals surface area contributed by atoms with E-state index in [-0.39, 0.29) is 0 Å². The summed E-state index contributed by atoms with van der Waals surface area (Å²) in [5.41, 5.74) is 4.21. The second-order valence-corrected chi connectivity index (χ2v) is 6.51. The SMILES string of the molecule is Cc1ccc2oc(-c3cn4c(n3)sc3ccccc34)cc2c1. The molecule has 0 fully saturated rings.